The van der Waals surface area contributed by atoms with E-state index in [1.807, 2.05) is 0 Å². The molecule has 0 bridgehead atoms. The maximum Gasteiger partial charge on any atom is 0.227 e. The lowest BCUT2D eigenvalue weighted by Gasteiger charge is -2.25. The lowest BCUT2D eigenvalue weighted by molar-refractivity contribution is -0.123. The SMILES string of the molecule is CC(C(=O)N[C@H]1CCCNC1)c1cccc(F)c1.Cl. The molecule has 2 atom stereocenters. The first-order valence-electron chi connectivity index (χ1n) is 6.43. The Hall–Kier alpha value is -1.13. The molecule has 1 fully saturated rings. The summed E-state index contributed by atoms with van der Waals surface area (Å²) in [6.07, 6.45) is 2.09. The van der Waals surface area contributed by atoms with E-state index in [1.54, 1.807) is 19.1 Å². The molecule has 106 valence electrons. The molecule has 1 amide bonds. The Bertz CT molecular complexity index is 422. The molecule has 1 aliphatic rings. The van der Waals surface area contributed by atoms with E-state index < -0.39 is 0 Å². The van der Waals surface area contributed by atoms with Gasteiger partial charge in [0.05, 0.1) is 5.92 Å². The lowest BCUT2D eigenvalue weighted by Crippen LogP contribution is -2.46. The molecule has 0 aliphatic carbocycles. The van der Waals surface area contributed by atoms with Crippen molar-refractivity contribution in [2.24, 2.45) is 0 Å². The fraction of sp³-hybridized carbons (Fsp3) is 0.500. The van der Waals surface area contributed by atoms with Crippen molar-refractivity contribution >= 4 is 18.3 Å². The van der Waals surface area contributed by atoms with Crippen LogP contribution in [0.25, 0.3) is 0 Å². The highest BCUT2D eigenvalue weighted by atomic mass is 35.5. The zero-order chi connectivity index (χ0) is 13.0. The Morgan fingerprint density at radius 1 is 1.53 bits per heavy atom. The summed E-state index contributed by atoms with van der Waals surface area (Å²) in [4.78, 5) is 12.1. The summed E-state index contributed by atoms with van der Waals surface area (Å²) in [5.74, 6) is -0.650. The van der Waals surface area contributed by atoms with Crippen LogP contribution in [0.3, 0.4) is 0 Å². The van der Waals surface area contributed by atoms with E-state index in [9.17, 15) is 9.18 Å². The van der Waals surface area contributed by atoms with Gasteiger partial charge in [0.15, 0.2) is 0 Å². The number of rotatable bonds is 3. The van der Waals surface area contributed by atoms with Gasteiger partial charge in [-0.2, -0.15) is 0 Å². The van der Waals surface area contributed by atoms with E-state index in [-0.39, 0.29) is 36.1 Å². The number of benzene rings is 1. The molecule has 5 heteroatoms. The Balaban J connectivity index is 0.00000180. The molecule has 1 aromatic rings. The number of hydrogen-bond acceptors (Lipinski definition) is 2. The summed E-state index contributed by atoms with van der Waals surface area (Å²) in [5.41, 5.74) is 0.719. The van der Waals surface area contributed by atoms with Crippen molar-refractivity contribution in [2.75, 3.05) is 13.1 Å². The molecule has 2 rings (SSSR count). The van der Waals surface area contributed by atoms with E-state index >= 15 is 0 Å². The molecule has 19 heavy (non-hydrogen) atoms. The van der Waals surface area contributed by atoms with Crippen molar-refractivity contribution in [3.8, 4) is 0 Å². The van der Waals surface area contributed by atoms with Crippen molar-refractivity contribution in [3.05, 3.63) is 35.6 Å². The molecule has 1 saturated heterocycles. The topological polar surface area (TPSA) is 41.1 Å². The van der Waals surface area contributed by atoms with Crippen LogP contribution in [0, 0.1) is 5.82 Å². The van der Waals surface area contributed by atoms with Crippen molar-refractivity contribution in [1.29, 1.82) is 0 Å². The Labute approximate surface area is 119 Å². The molecule has 0 aromatic heterocycles. The third-order valence-corrected chi connectivity index (χ3v) is 3.39. The van der Waals surface area contributed by atoms with Gasteiger partial charge >= 0.3 is 0 Å². The van der Waals surface area contributed by atoms with Gasteiger partial charge in [0, 0.05) is 12.6 Å². The first-order valence-corrected chi connectivity index (χ1v) is 6.43. The second-order valence-electron chi connectivity index (χ2n) is 4.83. The number of carbonyl (C=O) groups is 1. The standard InChI is InChI=1S/C14H19FN2O.ClH/c1-10(11-4-2-5-12(15)8-11)14(18)17-13-6-3-7-16-9-13;/h2,4-5,8,10,13,16H,3,6-7,9H2,1H3,(H,17,18);1H/t10?,13-;/m0./s1. The van der Waals surface area contributed by atoms with E-state index in [0.29, 0.717) is 0 Å². The minimum atomic E-state index is -0.317. The number of nitrogens with one attached hydrogen (secondary N) is 2. The van der Waals surface area contributed by atoms with E-state index in [1.165, 1.54) is 12.1 Å². The smallest absolute Gasteiger partial charge is 0.227 e. The van der Waals surface area contributed by atoms with Gasteiger partial charge in [-0.15, -0.1) is 12.4 Å². The van der Waals surface area contributed by atoms with Gasteiger partial charge in [0.1, 0.15) is 5.82 Å². The van der Waals surface area contributed by atoms with Crippen LogP contribution in [0.1, 0.15) is 31.2 Å². The molecule has 0 radical (unpaired) electrons. The Morgan fingerprint density at radius 2 is 2.32 bits per heavy atom. The lowest BCUT2D eigenvalue weighted by atomic mass is 9.99. The molecule has 1 unspecified atom stereocenters. The van der Waals surface area contributed by atoms with E-state index in [0.717, 1.165) is 31.5 Å². The molecule has 1 aliphatic heterocycles. The van der Waals surface area contributed by atoms with Crippen LogP contribution >= 0.6 is 12.4 Å². The Kier molecular flexibility index (Phi) is 6.25. The number of piperidine rings is 1. The predicted octanol–water partition coefficient (Wildman–Crippen LogP) is 2.22. The van der Waals surface area contributed by atoms with Crippen LogP contribution in [0.2, 0.25) is 0 Å². The highest BCUT2D eigenvalue weighted by molar-refractivity contribution is 5.85. The van der Waals surface area contributed by atoms with E-state index in [2.05, 4.69) is 10.6 Å². The maximum atomic E-state index is 13.1. The predicted molar refractivity (Wildman–Crippen MR) is 76.1 cm³/mol. The molecule has 3 nitrogen and oxygen atoms in total. The van der Waals surface area contributed by atoms with Crippen LogP contribution in [0.5, 0.6) is 0 Å². The monoisotopic (exact) mass is 286 g/mol. The zero-order valence-corrected chi connectivity index (χ0v) is 11.8. The third kappa shape index (κ3) is 4.48. The van der Waals surface area contributed by atoms with Crippen molar-refractivity contribution in [3.63, 3.8) is 0 Å². The average molecular weight is 287 g/mol. The Morgan fingerprint density at radius 3 is 2.95 bits per heavy atom. The molecule has 1 heterocycles. The second-order valence-corrected chi connectivity index (χ2v) is 4.83. The molecular weight excluding hydrogens is 267 g/mol. The summed E-state index contributed by atoms with van der Waals surface area (Å²) in [6, 6.07) is 6.42. The first kappa shape index (κ1) is 15.9. The summed E-state index contributed by atoms with van der Waals surface area (Å²) in [6.45, 7) is 3.65. The van der Waals surface area contributed by atoms with E-state index in [4.69, 9.17) is 0 Å². The van der Waals surface area contributed by atoms with Crippen molar-refractivity contribution in [2.45, 2.75) is 31.7 Å². The van der Waals surface area contributed by atoms with Gasteiger partial charge in [-0.3, -0.25) is 4.79 Å². The molecule has 2 N–H and O–H groups in total. The average Bonchev–Trinajstić information content (AvgIpc) is 2.39. The van der Waals surface area contributed by atoms with Crippen molar-refractivity contribution < 1.29 is 9.18 Å². The van der Waals surface area contributed by atoms with Gasteiger partial charge < -0.3 is 10.6 Å². The van der Waals surface area contributed by atoms with Crippen LogP contribution in [0.4, 0.5) is 4.39 Å². The number of halogens is 2. The largest absolute Gasteiger partial charge is 0.352 e. The zero-order valence-electron chi connectivity index (χ0n) is 11.0. The molecular formula is C14H20ClFN2O. The molecule has 1 aromatic carbocycles. The number of amides is 1. The normalized spacial score (nSPS) is 20.2. The molecule has 0 spiro atoms. The highest BCUT2D eigenvalue weighted by Gasteiger charge is 2.20. The van der Waals surface area contributed by atoms with Gasteiger partial charge in [0.25, 0.3) is 0 Å². The quantitative estimate of drug-likeness (QED) is 0.895. The summed E-state index contributed by atoms with van der Waals surface area (Å²) < 4.78 is 13.1. The minimum absolute atomic E-state index is 0. The number of hydrogen-bond donors (Lipinski definition) is 2. The fourth-order valence-corrected chi connectivity index (χ4v) is 2.23. The molecule has 0 saturated carbocycles. The maximum absolute atomic E-state index is 13.1. The second kappa shape index (κ2) is 7.46. The van der Waals surface area contributed by atoms with Crippen LogP contribution in [-0.4, -0.2) is 25.0 Å². The van der Waals surface area contributed by atoms with Crippen LogP contribution < -0.4 is 10.6 Å². The van der Waals surface area contributed by atoms with Crippen LogP contribution in [-0.2, 0) is 4.79 Å². The highest BCUT2D eigenvalue weighted by Crippen LogP contribution is 2.17. The van der Waals surface area contributed by atoms with Crippen LogP contribution in [0.15, 0.2) is 24.3 Å². The first-order chi connectivity index (χ1) is 8.66. The summed E-state index contributed by atoms with van der Waals surface area (Å²) in [5, 5.41) is 6.27. The van der Waals surface area contributed by atoms with Gasteiger partial charge in [-0.1, -0.05) is 12.1 Å². The summed E-state index contributed by atoms with van der Waals surface area (Å²) in [7, 11) is 0. The minimum Gasteiger partial charge on any atom is -0.352 e. The van der Waals surface area contributed by atoms with Crippen molar-refractivity contribution in [1.82, 2.24) is 10.6 Å². The third-order valence-electron chi connectivity index (χ3n) is 3.39. The number of carbonyl (C=O) groups excluding carboxylic acids is 1. The van der Waals surface area contributed by atoms with Gasteiger partial charge in [-0.25, -0.2) is 4.39 Å². The summed E-state index contributed by atoms with van der Waals surface area (Å²) >= 11 is 0. The fourth-order valence-electron chi connectivity index (χ4n) is 2.23. The van der Waals surface area contributed by atoms with Gasteiger partial charge in [0.2, 0.25) is 5.91 Å². The van der Waals surface area contributed by atoms with Gasteiger partial charge in [-0.05, 0) is 44.0 Å².